The van der Waals surface area contributed by atoms with Gasteiger partial charge in [0.05, 0.1) is 6.54 Å². The molecule has 0 saturated carbocycles. The van der Waals surface area contributed by atoms with E-state index in [1.807, 2.05) is 5.38 Å². The fourth-order valence-corrected chi connectivity index (χ4v) is 2.31. The Kier molecular flexibility index (Phi) is 3.96. The van der Waals surface area contributed by atoms with Crippen LogP contribution in [0.4, 0.5) is 19.1 Å². The molecule has 8 heteroatoms. The first-order valence-corrected chi connectivity index (χ1v) is 6.62. The van der Waals surface area contributed by atoms with Gasteiger partial charge >= 0.3 is 6.18 Å². The van der Waals surface area contributed by atoms with Crippen LogP contribution in [0.15, 0.2) is 29.1 Å². The van der Waals surface area contributed by atoms with E-state index < -0.39 is 17.5 Å². The van der Waals surface area contributed by atoms with Crippen molar-refractivity contribution in [3.63, 3.8) is 0 Å². The molecule has 2 aromatic heterocycles. The van der Waals surface area contributed by atoms with Crippen molar-refractivity contribution in [2.24, 2.45) is 0 Å². The third-order valence-corrected chi connectivity index (χ3v) is 3.36. The summed E-state index contributed by atoms with van der Waals surface area (Å²) in [5, 5.41) is 16.4. The number of hydrogen-bond acceptors (Lipinski definition) is 5. The van der Waals surface area contributed by atoms with E-state index in [1.165, 1.54) is 11.3 Å². The van der Waals surface area contributed by atoms with E-state index >= 15 is 0 Å². The lowest BCUT2D eigenvalue weighted by atomic mass is 9.99. The molecule has 0 saturated heterocycles. The minimum absolute atomic E-state index is 0.00500. The van der Waals surface area contributed by atoms with Gasteiger partial charge in [0.2, 0.25) is 5.95 Å². The van der Waals surface area contributed by atoms with Gasteiger partial charge in [-0.05, 0) is 35.4 Å². The molecule has 20 heavy (non-hydrogen) atoms. The molecule has 0 spiro atoms. The SMILES string of the molecule is CC(O)(CNc1nccc(C(F)(F)F)n1)c1ccsc1. The second-order valence-corrected chi connectivity index (χ2v) is 5.18. The Labute approximate surface area is 117 Å². The van der Waals surface area contributed by atoms with Crippen molar-refractivity contribution >= 4 is 17.3 Å². The Morgan fingerprint density at radius 2 is 2.10 bits per heavy atom. The van der Waals surface area contributed by atoms with Gasteiger partial charge < -0.3 is 10.4 Å². The summed E-state index contributed by atoms with van der Waals surface area (Å²) < 4.78 is 37.5. The molecule has 0 aliphatic rings. The molecule has 0 fully saturated rings. The Hall–Kier alpha value is -1.67. The lowest BCUT2D eigenvalue weighted by Crippen LogP contribution is -2.30. The van der Waals surface area contributed by atoms with Crippen LogP contribution in [-0.2, 0) is 11.8 Å². The number of halogens is 3. The molecule has 1 atom stereocenters. The van der Waals surface area contributed by atoms with Crippen molar-refractivity contribution in [2.45, 2.75) is 18.7 Å². The van der Waals surface area contributed by atoms with Gasteiger partial charge in [-0.3, -0.25) is 0 Å². The van der Waals surface area contributed by atoms with Crippen LogP contribution in [0.3, 0.4) is 0 Å². The zero-order valence-corrected chi connectivity index (χ0v) is 11.3. The standard InChI is InChI=1S/C12H12F3N3OS/c1-11(19,8-3-5-20-6-8)7-17-10-16-4-2-9(18-10)12(13,14)15/h2-6,19H,7H2,1H3,(H,16,17,18). The number of alkyl halides is 3. The highest BCUT2D eigenvalue weighted by atomic mass is 32.1. The second-order valence-electron chi connectivity index (χ2n) is 4.40. The summed E-state index contributed by atoms with van der Waals surface area (Å²) >= 11 is 1.43. The van der Waals surface area contributed by atoms with E-state index in [0.717, 1.165) is 12.3 Å². The summed E-state index contributed by atoms with van der Waals surface area (Å²) in [5.41, 5.74) is -1.55. The number of hydrogen-bond donors (Lipinski definition) is 2. The fourth-order valence-electron chi connectivity index (χ4n) is 1.53. The summed E-state index contributed by atoms with van der Waals surface area (Å²) in [7, 11) is 0. The predicted molar refractivity (Wildman–Crippen MR) is 69.4 cm³/mol. The molecule has 108 valence electrons. The summed E-state index contributed by atoms with van der Waals surface area (Å²) in [6, 6.07) is 2.54. The molecule has 0 aromatic carbocycles. The predicted octanol–water partition coefficient (Wildman–Crippen LogP) is 2.88. The van der Waals surface area contributed by atoms with Crippen LogP contribution in [0.25, 0.3) is 0 Å². The van der Waals surface area contributed by atoms with E-state index in [0.29, 0.717) is 5.56 Å². The van der Waals surface area contributed by atoms with Gasteiger partial charge in [-0.25, -0.2) is 9.97 Å². The van der Waals surface area contributed by atoms with E-state index in [9.17, 15) is 18.3 Å². The number of nitrogens with zero attached hydrogens (tertiary/aromatic N) is 2. The first-order valence-electron chi connectivity index (χ1n) is 5.68. The summed E-state index contributed by atoms with van der Waals surface area (Å²) in [6.45, 7) is 1.57. The van der Waals surface area contributed by atoms with Crippen molar-refractivity contribution in [2.75, 3.05) is 11.9 Å². The minimum Gasteiger partial charge on any atom is -0.384 e. The Morgan fingerprint density at radius 3 is 2.70 bits per heavy atom. The average Bonchev–Trinajstić information content (AvgIpc) is 2.90. The van der Waals surface area contributed by atoms with E-state index in [2.05, 4.69) is 15.3 Å². The molecule has 1 unspecified atom stereocenters. The number of aliphatic hydroxyl groups is 1. The van der Waals surface area contributed by atoms with Gasteiger partial charge in [0.15, 0.2) is 0 Å². The van der Waals surface area contributed by atoms with Crippen LogP contribution in [0.1, 0.15) is 18.2 Å². The van der Waals surface area contributed by atoms with Crippen LogP contribution in [0.5, 0.6) is 0 Å². The van der Waals surface area contributed by atoms with Gasteiger partial charge in [-0.15, -0.1) is 0 Å². The van der Waals surface area contributed by atoms with Crippen LogP contribution < -0.4 is 5.32 Å². The summed E-state index contributed by atoms with van der Waals surface area (Å²) in [5.74, 6) is -0.171. The summed E-state index contributed by atoms with van der Waals surface area (Å²) in [6.07, 6.45) is -3.49. The first-order chi connectivity index (χ1) is 9.29. The molecule has 0 radical (unpaired) electrons. The number of anilines is 1. The van der Waals surface area contributed by atoms with Gasteiger partial charge in [-0.1, -0.05) is 0 Å². The first kappa shape index (κ1) is 14.7. The van der Waals surface area contributed by atoms with Gasteiger partial charge in [0.25, 0.3) is 0 Å². The normalized spacial score (nSPS) is 14.8. The largest absolute Gasteiger partial charge is 0.433 e. The van der Waals surface area contributed by atoms with Gasteiger partial charge in [-0.2, -0.15) is 24.5 Å². The minimum atomic E-state index is -4.52. The number of aromatic nitrogens is 2. The number of rotatable bonds is 4. The third-order valence-electron chi connectivity index (χ3n) is 2.68. The molecule has 0 aliphatic carbocycles. The van der Waals surface area contributed by atoms with Crippen molar-refractivity contribution in [3.05, 3.63) is 40.3 Å². The van der Waals surface area contributed by atoms with Crippen molar-refractivity contribution in [3.8, 4) is 0 Å². The molecular formula is C12H12F3N3OS. The molecule has 0 bridgehead atoms. The molecular weight excluding hydrogens is 291 g/mol. The van der Waals surface area contributed by atoms with Crippen molar-refractivity contribution < 1.29 is 18.3 Å². The lowest BCUT2D eigenvalue weighted by molar-refractivity contribution is -0.141. The molecule has 2 rings (SSSR count). The summed E-state index contributed by atoms with van der Waals surface area (Å²) in [4.78, 5) is 7.08. The molecule has 0 aliphatic heterocycles. The maximum absolute atomic E-state index is 12.5. The fraction of sp³-hybridized carbons (Fsp3) is 0.333. The highest BCUT2D eigenvalue weighted by molar-refractivity contribution is 7.08. The number of nitrogens with one attached hydrogen (secondary N) is 1. The van der Waals surface area contributed by atoms with Crippen molar-refractivity contribution in [1.29, 1.82) is 0 Å². The molecule has 4 nitrogen and oxygen atoms in total. The highest BCUT2D eigenvalue weighted by Gasteiger charge is 2.33. The van der Waals surface area contributed by atoms with Crippen LogP contribution >= 0.6 is 11.3 Å². The highest BCUT2D eigenvalue weighted by Crippen LogP contribution is 2.28. The monoisotopic (exact) mass is 303 g/mol. The van der Waals surface area contributed by atoms with Crippen molar-refractivity contribution in [1.82, 2.24) is 9.97 Å². The zero-order valence-electron chi connectivity index (χ0n) is 10.5. The Morgan fingerprint density at radius 1 is 1.35 bits per heavy atom. The second kappa shape index (κ2) is 5.37. The van der Waals surface area contributed by atoms with Crippen LogP contribution in [0, 0.1) is 0 Å². The van der Waals surface area contributed by atoms with E-state index in [4.69, 9.17) is 0 Å². The molecule has 2 heterocycles. The quantitative estimate of drug-likeness (QED) is 0.912. The van der Waals surface area contributed by atoms with Crippen LogP contribution in [0.2, 0.25) is 0 Å². The maximum atomic E-state index is 12.5. The topological polar surface area (TPSA) is 58.0 Å². The van der Waals surface area contributed by atoms with Gasteiger partial charge in [0, 0.05) is 6.20 Å². The Balaban J connectivity index is 2.08. The smallest absolute Gasteiger partial charge is 0.384 e. The molecule has 2 aromatic rings. The number of thiophene rings is 1. The average molecular weight is 303 g/mol. The van der Waals surface area contributed by atoms with E-state index in [-0.39, 0.29) is 12.5 Å². The Bertz CT molecular complexity index is 570. The zero-order chi connectivity index (χ0) is 14.8. The van der Waals surface area contributed by atoms with Crippen LogP contribution in [-0.4, -0.2) is 21.6 Å². The maximum Gasteiger partial charge on any atom is 0.433 e. The third kappa shape index (κ3) is 3.45. The van der Waals surface area contributed by atoms with E-state index in [1.54, 1.807) is 18.4 Å². The molecule has 2 N–H and O–H groups in total. The van der Waals surface area contributed by atoms with Gasteiger partial charge in [0.1, 0.15) is 11.3 Å². The molecule has 0 amide bonds. The lowest BCUT2D eigenvalue weighted by Gasteiger charge is -2.22.